The first-order valence-corrected chi connectivity index (χ1v) is 24.9. The number of aromatic nitrogens is 2. The molecule has 67 heavy (non-hydrogen) atoms. The third kappa shape index (κ3) is 15.2. The minimum absolute atomic E-state index is 0. The average Bonchev–Trinajstić information content (AvgIpc) is 3.41. The topological polar surface area (TPSA) is 25.8 Å². The predicted octanol–water partition coefficient (Wildman–Crippen LogP) is 13.7. The van der Waals surface area contributed by atoms with Crippen LogP contribution in [-0.2, 0) is 44.8 Å². The zero-order chi connectivity index (χ0) is 44.1. The van der Waals surface area contributed by atoms with Crippen molar-refractivity contribution in [1.29, 1.82) is 0 Å². The largest absolute Gasteiger partial charge is 3.00 e. The molecular weight excluding hydrogens is 1220 g/mol. The van der Waals surface area contributed by atoms with Gasteiger partial charge in [0, 0.05) is 0 Å². The van der Waals surface area contributed by atoms with Crippen molar-refractivity contribution in [3.63, 3.8) is 0 Å². The molecule has 0 unspecified atom stereocenters. The van der Waals surface area contributed by atoms with E-state index in [2.05, 4.69) is 156 Å². The molecule has 10 aromatic rings. The molecule has 0 radical (unpaired) electrons. The van der Waals surface area contributed by atoms with Crippen LogP contribution < -0.4 is 21.2 Å². The summed E-state index contributed by atoms with van der Waals surface area (Å²) >= 11 is 0. The first-order valence-electron chi connectivity index (χ1n) is 21.9. The van der Waals surface area contributed by atoms with E-state index in [1.165, 1.54) is 40.0 Å². The van der Waals surface area contributed by atoms with Crippen molar-refractivity contribution in [3.05, 3.63) is 279 Å². The Bertz CT molecular complexity index is 2490. The Morgan fingerprint density at radius 2 is 0.507 bits per heavy atom. The van der Waals surface area contributed by atoms with Crippen molar-refractivity contribution in [1.82, 2.24) is 9.97 Å². The van der Waals surface area contributed by atoms with Gasteiger partial charge in [-0.05, 0) is 78.6 Å². The van der Waals surface area contributed by atoms with Crippen LogP contribution in [0.2, 0.25) is 0 Å². The molecular formula is C61H48Au2N2P2+2. The van der Waals surface area contributed by atoms with Gasteiger partial charge in [0.25, 0.3) is 0 Å². The molecule has 2 heterocycles. The summed E-state index contributed by atoms with van der Waals surface area (Å²) in [5.74, 6) is 0. The summed E-state index contributed by atoms with van der Waals surface area (Å²) in [6.45, 7) is 0. The molecule has 2 aromatic heterocycles. The standard InChI is InChI=1S/C27H26P2.2C17H11N.2Au/c1-5-14-24(15-6-1)28(25-16-7-2-8-17-25)22-13-23-29(26-18-9-3-10-19-26)27-20-11-4-12-21-27;2*1-3-8-14(9-4-1)16-12-7-13-17(18-16)15-10-5-2-6-11-15;;/h1-12,14-21H,13,22-23H2;2*1-8,10,12-13H;;/q;2*-2;2*+3. The molecule has 0 bridgehead atoms. The summed E-state index contributed by atoms with van der Waals surface area (Å²) in [6.07, 6.45) is 3.72. The predicted molar refractivity (Wildman–Crippen MR) is 278 cm³/mol. The average molecular weight is 1260 g/mol. The van der Waals surface area contributed by atoms with E-state index < -0.39 is 0 Å². The fourth-order valence-corrected chi connectivity index (χ4v) is 12.3. The Balaban J connectivity index is 0.000000171. The zero-order valence-corrected chi connectivity index (χ0v) is 42.9. The molecule has 0 saturated heterocycles. The molecule has 0 amide bonds. The number of hydrogen-bond donors (Lipinski definition) is 0. The van der Waals surface area contributed by atoms with E-state index in [0.29, 0.717) is 0 Å². The van der Waals surface area contributed by atoms with E-state index in [9.17, 15) is 0 Å². The SMILES string of the molecule is [Au+3].[Au+3].[c-]1ccccc1-c1cccc(-c2[c-]cccc2)n1.[c-]1ccccc1-c1cccc(-c2[c-]cccc2)n1.c1ccc(P(CCCP(c2ccccc2)c2ccccc2)c2ccccc2)cc1. The monoisotopic (exact) mass is 1260 g/mol. The van der Waals surface area contributed by atoms with Gasteiger partial charge in [0.05, 0.1) is 0 Å². The van der Waals surface area contributed by atoms with Crippen molar-refractivity contribution >= 4 is 37.1 Å². The summed E-state index contributed by atoms with van der Waals surface area (Å²) < 4.78 is 0. The van der Waals surface area contributed by atoms with E-state index >= 15 is 0 Å². The van der Waals surface area contributed by atoms with E-state index in [1.807, 2.05) is 133 Å². The van der Waals surface area contributed by atoms with Gasteiger partial charge < -0.3 is 9.97 Å². The van der Waals surface area contributed by atoms with Crippen LogP contribution >= 0.6 is 15.8 Å². The van der Waals surface area contributed by atoms with Gasteiger partial charge in [-0.3, -0.25) is 0 Å². The summed E-state index contributed by atoms with van der Waals surface area (Å²) in [4.78, 5) is 9.30. The molecule has 10 rings (SSSR count). The van der Waals surface area contributed by atoms with Gasteiger partial charge in [0.15, 0.2) is 0 Å². The maximum Gasteiger partial charge on any atom is 3.00 e. The van der Waals surface area contributed by atoms with Crippen LogP contribution in [0.4, 0.5) is 0 Å². The smallest absolute Gasteiger partial charge is 0.345 e. The van der Waals surface area contributed by atoms with Gasteiger partial charge >= 0.3 is 44.8 Å². The Morgan fingerprint density at radius 3 is 0.731 bits per heavy atom. The molecule has 0 atom stereocenters. The normalized spacial score (nSPS) is 10.3. The number of pyridine rings is 2. The third-order valence-corrected chi connectivity index (χ3v) is 15.7. The first-order chi connectivity index (χ1) is 32.3. The van der Waals surface area contributed by atoms with Crippen molar-refractivity contribution in [2.45, 2.75) is 6.42 Å². The number of rotatable bonds is 12. The maximum atomic E-state index is 4.65. The number of nitrogens with zero attached hydrogens (tertiary/aromatic N) is 2. The van der Waals surface area contributed by atoms with Crippen molar-refractivity contribution < 1.29 is 44.8 Å². The second kappa shape index (κ2) is 27.9. The molecule has 0 aliphatic rings. The molecule has 0 aliphatic carbocycles. The van der Waals surface area contributed by atoms with Gasteiger partial charge in [-0.25, -0.2) is 0 Å². The summed E-state index contributed by atoms with van der Waals surface area (Å²) in [5, 5.41) is 5.94. The Morgan fingerprint density at radius 1 is 0.269 bits per heavy atom. The van der Waals surface area contributed by atoms with Crippen LogP contribution in [0.3, 0.4) is 0 Å². The fraction of sp³-hybridized carbons (Fsp3) is 0.0492. The Kier molecular flexibility index (Phi) is 21.2. The van der Waals surface area contributed by atoms with Gasteiger partial charge in [-0.2, -0.15) is 0 Å². The van der Waals surface area contributed by atoms with Gasteiger partial charge in [-0.15, -0.1) is 144 Å². The van der Waals surface area contributed by atoms with Crippen LogP contribution in [0.15, 0.2) is 255 Å². The van der Waals surface area contributed by atoms with Gasteiger partial charge in [0.2, 0.25) is 0 Å². The Hall–Kier alpha value is -5.60. The number of benzene rings is 8. The molecule has 0 aliphatic heterocycles. The molecule has 6 heteroatoms. The molecule has 8 aromatic carbocycles. The summed E-state index contributed by atoms with van der Waals surface area (Å²) in [5.41, 5.74) is 7.78. The van der Waals surface area contributed by atoms with Crippen LogP contribution in [0.1, 0.15) is 6.42 Å². The fourth-order valence-electron chi connectivity index (χ4n) is 7.31. The van der Waals surface area contributed by atoms with E-state index in [1.54, 1.807) is 0 Å². The molecule has 332 valence electrons. The van der Waals surface area contributed by atoms with Gasteiger partial charge in [0.1, 0.15) is 0 Å². The van der Waals surface area contributed by atoms with Crippen LogP contribution in [-0.4, -0.2) is 22.3 Å². The second-order valence-electron chi connectivity index (χ2n) is 14.9. The van der Waals surface area contributed by atoms with Crippen molar-refractivity contribution in [2.24, 2.45) is 0 Å². The van der Waals surface area contributed by atoms with Crippen molar-refractivity contribution in [3.8, 4) is 45.0 Å². The Labute approximate surface area is 431 Å². The third-order valence-electron chi connectivity index (χ3n) is 10.5. The summed E-state index contributed by atoms with van der Waals surface area (Å²) in [6, 6.07) is 101. The second-order valence-corrected chi connectivity index (χ2v) is 19.6. The molecule has 0 N–H and O–H groups in total. The summed E-state index contributed by atoms with van der Waals surface area (Å²) in [7, 11) is -0.618. The molecule has 0 spiro atoms. The van der Waals surface area contributed by atoms with Crippen LogP contribution in [0, 0.1) is 24.3 Å². The minimum Gasteiger partial charge on any atom is -0.345 e. The maximum absolute atomic E-state index is 4.65. The zero-order valence-electron chi connectivity index (χ0n) is 36.8. The molecule has 2 nitrogen and oxygen atoms in total. The van der Waals surface area contributed by atoms with Gasteiger partial charge in [-0.1, -0.05) is 158 Å². The van der Waals surface area contributed by atoms with Crippen molar-refractivity contribution in [2.75, 3.05) is 12.3 Å². The van der Waals surface area contributed by atoms with Crippen LogP contribution in [0.25, 0.3) is 45.0 Å². The molecule has 0 fully saturated rings. The van der Waals surface area contributed by atoms with Crippen LogP contribution in [0.5, 0.6) is 0 Å². The number of hydrogen-bond acceptors (Lipinski definition) is 2. The first kappa shape index (κ1) is 50.8. The minimum atomic E-state index is -0.309. The molecule has 0 saturated carbocycles. The van der Waals surface area contributed by atoms with E-state index in [-0.39, 0.29) is 60.6 Å². The van der Waals surface area contributed by atoms with E-state index in [0.717, 1.165) is 45.0 Å². The quantitative estimate of drug-likeness (QED) is 0.0692. The van der Waals surface area contributed by atoms with E-state index in [4.69, 9.17) is 0 Å².